The molecule has 12 nitrogen and oxygen atoms in total. The molecule has 0 radical (unpaired) electrons. The number of allylic oxidation sites excluding steroid dienone is 1. The van der Waals surface area contributed by atoms with E-state index in [0.29, 0.717) is 16.4 Å². The van der Waals surface area contributed by atoms with Crippen LogP contribution in [-0.2, 0) is 19.0 Å². The van der Waals surface area contributed by atoms with Gasteiger partial charge < -0.3 is 30.2 Å². The van der Waals surface area contributed by atoms with Gasteiger partial charge in [0.05, 0.1) is 18.7 Å². The standard InChI is InChI=1S/C27H31F2N7O5S/c1-3-39-27(38)41-12-40-26(37)18-14-4-6-15(7-5-14)20(18)34-24-19(29)21(25-31-8-9-42-25)35-23(36-24)16-10-32-22(13(16)2)33-11-17(28)30/h8-11,13-15,18,20,30-31,34H,3-7,12H2,1-2H3,(H,35,36)/t13?,14?,15?,18-,20?/m0/s1. The lowest BCUT2D eigenvalue weighted by Crippen LogP contribution is -2.55. The summed E-state index contributed by atoms with van der Waals surface area (Å²) in [4.78, 5) is 37.5. The molecule has 6 aliphatic rings. The average Bonchev–Trinajstić information content (AvgIpc) is 3.64. The summed E-state index contributed by atoms with van der Waals surface area (Å²) in [6.07, 6.45) is 6.44. The molecule has 6 rings (SSSR count). The number of carbonyl (C=O) groups is 2. The maximum absolute atomic E-state index is 16.1. The maximum Gasteiger partial charge on any atom is 0.511 e. The topological polar surface area (TPSA) is 159 Å². The first-order valence-electron chi connectivity index (χ1n) is 13.6. The van der Waals surface area contributed by atoms with Crippen molar-refractivity contribution in [2.45, 2.75) is 45.6 Å². The summed E-state index contributed by atoms with van der Waals surface area (Å²) in [5, 5.41) is 18.6. The second kappa shape index (κ2) is 12.9. The summed E-state index contributed by atoms with van der Waals surface area (Å²) in [5.74, 6) is -2.74. The molecule has 2 bridgehead atoms. The highest BCUT2D eigenvalue weighted by molar-refractivity contribution is 8.06. The van der Waals surface area contributed by atoms with Gasteiger partial charge in [0.15, 0.2) is 11.6 Å². The van der Waals surface area contributed by atoms with Crippen LogP contribution in [0, 0.1) is 29.1 Å². The number of halogens is 2. The second-order valence-electron chi connectivity index (χ2n) is 10.2. The van der Waals surface area contributed by atoms with E-state index in [-0.39, 0.29) is 35.8 Å². The van der Waals surface area contributed by atoms with Gasteiger partial charge in [0, 0.05) is 29.9 Å². The maximum atomic E-state index is 16.1. The molecule has 0 amide bonds. The van der Waals surface area contributed by atoms with Crippen LogP contribution < -0.4 is 16.0 Å². The van der Waals surface area contributed by atoms with Crippen molar-refractivity contribution >= 4 is 47.7 Å². The van der Waals surface area contributed by atoms with Crippen molar-refractivity contribution in [3.8, 4) is 0 Å². The third-order valence-corrected chi connectivity index (χ3v) is 8.63. The quantitative estimate of drug-likeness (QED) is 0.182. The number of aliphatic imine (C=N–C) groups is 3. The molecule has 224 valence electrons. The summed E-state index contributed by atoms with van der Waals surface area (Å²) < 4.78 is 43.8. The largest absolute Gasteiger partial charge is 0.511 e. The van der Waals surface area contributed by atoms with Crippen molar-refractivity contribution < 1.29 is 32.6 Å². The Morgan fingerprint density at radius 3 is 2.69 bits per heavy atom. The molecule has 3 aliphatic carbocycles. The van der Waals surface area contributed by atoms with Gasteiger partial charge in [-0.25, -0.2) is 24.2 Å². The normalized spacial score (nSPS) is 29.9. The fourth-order valence-electron chi connectivity index (χ4n) is 5.82. The summed E-state index contributed by atoms with van der Waals surface area (Å²) in [5.41, 5.74) is 0.752. The molecule has 4 N–H and O–H groups in total. The summed E-state index contributed by atoms with van der Waals surface area (Å²) >= 11 is 1.30. The molecule has 3 aliphatic heterocycles. The Labute approximate surface area is 245 Å². The molecule has 0 aromatic rings. The molecule has 3 heterocycles. The van der Waals surface area contributed by atoms with Crippen LogP contribution in [0.3, 0.4) is 0 Å². The minimum Gasteiger partial charge on any atom is -0.435 e. The monoisotopic (exact) mass is 603 g/mol. The number of carbonyl (C=O) groups excluding carboxylic acids is 2. The van der Waals surface area contributed by atoms with Gasteiger partial charge >= 0.3 is 12.1 Å². The first-order valence-corrected chi connectivity index (χ1v) is 14.5. The third-order valence-electron chi connectivity index (χ3n) is 7.80. The van der Waals surface area contributed by atoms with Crippen LogP contribution in [0.15, 0.2) is 60.7 Å². The molecule has 0 spiro atoms. The highest BCUT2D eigenvalue weighted by Gasteiger charge is 2.49. The minimum absolute atomic E-state index is 0.0196. The van der Waals surface area contributed by atoms with Crippen molar-refractivity contribution in [3.63, 3.8) is 0 Å². The van der Waals surface area contributed by atoms with Gasteiger partial charge in [0.25, 0.3) is 0 Å². The number of amidine groups is 2. The molecule has 42 heavy (non-hydrogen) atoms. The van der Waals surface area contributed by atoms with Gasteiger partial charge in [-0.3, -0.25) is 10.2 Å². The van der Waals surface area contributed by atoms with Gasteiger partial charge in [0.2, 0.25) is 12.8 Å². The first-order chi connectivity index (χ1) is 20.3. The molecule has 0 saturated heterocycles. The Morgan fingerprint density at radius 2 is 2.00 bits per heavy atom. The fourth-order valence-corrected chi connectivity index (χ4v) is 6.49. The van der Waals surface area contributed by atoms with E-state index >= 15 is 4.39 Å². The number of nitrogens with zero attached hydrogens (tertiary/aromatic N) is 3. The molecule has 3 atom stereocenters. The number of fused-ring (bicyclic) bond motifs is 3. The Morgan fingerprint density at radius 1 is 1.24 bits per heavy atom. The van der Waals surface area contributed by atoms with Gasteiger partial charge in [-0.05, 0) is 49.9 Å². The molecule has 3 saturated carbocycles. The molecular formula is C27H31F2N7O5S. The van der Waals surface area contributed by atoms with Crippen molar-refractivity contribution in [3.05, 3.63) is 45.8 Å². The Bertz CT molecular complexity index is 1350. The van der Waals surface area contributed by atoms with E-state index in [0.717, 1.165) is 31.9 Å². The predicted octanol–water partition coefficient (Wildman–Crippen LogP) is 4.12. The zero-order valence-electron chi connectivity index (χ0n) is 23.0. The SMILES string of the molecule is CCOC(=O)OCOC(=O)[C@H]1C2CCC(CC2)C1NC1=C(F)C(=C2NC=CS2)NC(C2=CN=C(N=CC(=N)F)C2C)=N1. The molecule has 0 aromatic heterocycles. The van der Waals surface area contributed by atoms with E-state index in [4.69, 9.17) is 19.6 Å². The van der Waals surface area contributed by atoms with Crippen molar-refractivity contribution in [1.29, 1.82) is 5.41 Å². The van der Waals surface area contributed by atoms with E-state index in [9.17, 15) is 14.0 Å². The van der Waals surface area contributed by atoms with Crippen LogP contribution >= 0.6 is 11.8 Å². The summed E-state index contributed by atoms with van der Waals surface area (Å²) in [7, 11) is 0. The van der Waals surface area contributed by atoms with Crippen molar-refractivity contribution in [2.75, 3.05) is 13.4 Å². The third kappa shape index (κ3) is 6.25. The Hall–Kier alpha value is -4.01. The number of rotatable bonds is 8. The van der Waals surface area contributed by atoms with Gasteiger partial charge in [0.1, 0.15) is 22.4 Å². The van der Waals surface area contributed by atoms with Crippen LogP contribution in [0.4, 0.5) is 13.6 Å². The Balaban J connectivity index is 1.40. The van der Waals surface area contributed by atoms with E-state index in [1.165, 1.54) is 18.0 Å². The number of hydrogen-bond donors (Lipinski definition) is 4. The van der Waals surface area contributed by atoms with Crippen LogP contribution in [0.1, 0.15) is 39.5 Å². The van der Waals surface area contributed by atoms with Crippen LogP contribution in [0.2, 0.25) is 0 Å². The van der Waals surface area contributed by atoms with Crippen LogP contribution in [-0.4, -0.2) is 55.4 Å². The lowest BCUT2D eigenvalue weighted by atomic mass is 9.61. The van der Waals surface area contributed by atoms with Gasteiger partial charge in [-0.2, -0.15) is 4.39 Å². The lowest BCUT2D eigenvalue weighted by Gasteiger charge is -2.47. The van der Waals surface area contributed by atoms with E-state index in [2.05, 4.69) is 30.9 Å². The summed E-state index contributed by atoms with van der Waals surface area (Å²) in [6.45, 7) is 2.98. The number of hydrogen-bond acceptors (Lipinski definition) is 13. The summed E-state index contributed by atoms with van der Waals surface area (Å²) in [6, 6.07) is -0.466. The highest BCUT2D eigenvalue weighted by atomic mass is 32.2. The number of thioether (sulfide) groups is 1. The van der Waals surface area contributed by atoms with Gasteiger partial charge in [-0.15, -0.1) is 0 Å². The van der Waals surface area contributed by atoms with Gasteiger partial charge in [-0.1, -0.05) is 18.7 Å². The first kappa shape index (κ1) is 29.5. The molecule has 0 aromatic carbocycles. The van der Waals surface area contributed by atoms with Crippen LogP contribution in [0.25, 0.3) is 0 Å². The zero-order valence-corrected chi connectivity index (χ0v) is 23.8. The smallest absolute Gasteiger partial charge is 0.435 e. The second-order valence-corrected chi connectivity index (χ2v) is 11.1. The van der Waals surface area contributed by atoms with Crippen molar-refractivity contribution in [1.82, 2.24) is 16.0 Å². The number of esters is 1. The lowest BCUT2D eigenvalue weighted by molar-refractivity contribution is -0.166. The predicted molar refractivity (Wildman–Crippen MR) is 153 cm³/mol. The minimum atomic E-state index is -1.20. The highest BCUT2D eigenvalue weighted by Crippen LogP contribution is 2.46. The number of ether oxygens (including phenoxy) is 3. The number of nitrogens with one attached hydrogen (secondary N) is 4. The fraction of sp³-hybridized carbons (Fsp3) is 0.481. The molecule has 15 heteroatoms. The van der Waals surface area contributed by atoms with E-state index in [1.807, 2.05) is 0 Å². The molecule has 3 fully saturated rings. The Kier molecular flexibility index (Phi) is 9.04. The van der Waals surface area contributed by atoms with Crippen molar-refractivity contribution in [2.24, 2.45) is 38.6 Å². The van der Waals surface area contributed by atoms with Crippen LogP contribution in [0.5, 0.6) is 0 Å². The average molecular weight is 604 g/mol. The van der Waals surface area contributed by atoms with E-state index < -0.39 is 48.6 Å². The zero-order chi connectivity index (χ0) is 29.8. The van der Waals surface area contributed by atoms with E-state index in [1.54, 1.807) is 25.5 Å². The molecule has 2 unspecified atom stereocenters. The molecular weight excluding hydrogens is 572 g/mol.